The number of benzene rings is 1. The van der Waals surface area contributed by atoms with Gasteiger partial charge in [-0.2, -0.15) is 0 Å². The summed E-state index contributed by atoms with van der Waals surface area (Å²) in [5.41, 5.74) is 1.56. The molecule has 0 N–H and O–H groups in total. The molecule has 3 rings (SSSR count). The number of anilines is 1. The average molecular weight is 362 g/mol. The van der Waals surface area contributed by atoms with Crippen LogP contribution in [-0.4, -0.2) is 56.2 Å². The summed E-state index contributed by atoms with van der Waals surface area (Å²) in [6.45, 7) is 2.73. The number of rotatable bonds is 4. The highest BCUT2D eigenvalue weighted by atomic mass is 35.5. The van der Waals surface area contributed by atoms with Gasteiger partial charge in [-0.15, -0.1) is 0 Å². The van der Waals surface area contributed by atoms with Crippen molar-refractivity contribution >= 4 is 23.2 Å². The van der Waals surface area contributed by atoms with Crippen molar-refractivity contribution in [2.24, 2.45) is 0 Å². The number of hydrogen-bond donors (Lipinski definition) is 0. The van der Waals surface area contributed by atoms with E-state index in [-0.39, 0.29) is 5.91 Å². The lowest BCUT2D eigenvalue weighted by molar-refractivity contribution is 0.0746. The number of nitrogens with zero attached hydrogens (tertiary/aromatic N) is 3. The van der Waals surface area contributed by atoms with Crippen molar-refractivity contribution in [3.05, 3.63) is 47.2 Å². The van der Waals surface area contributed by atoms with Crippen molar-refractivity contribution in [1.29, 1.82) is 0 Å². The van der Waals surface area contributed by atoms with E-state index >= 15 is 0 Å². The second-order valence-electron chi connectivity index (χ2n) is 5.69. The van der Waals surface area contributed by atoms with E-state index in [1.807, 2.05) is 23.1 Å². The second-order valence-corrected chi connectivity index (χ2v) is 6.07. The molecule has 0 radical (unpaired) electrons. The van der Waals surface area contributed by atoms with Crippen molar-refractivity contribution in [2.45, 2.75) is 0 Å². The molecular formula is C18H20ClN3O3. The van der Waals surface area contributed by atoms with Crippen LogP contribution in [0.1, 0.15) is 10.4 Å². The Bertz CT molecular complexity index is 744. The normalized spacial score (nSPS) is 14.4. The Morgan fingerprint density at radius 1 is 1.08 bits per heavy atom. The zero-order chi connectivity index (χ0) is 17.8. The number of halogens is 1. The number of ether oxygens (including phenoxy) is 2. The maximum atomic E-state index is 12.5. The summed E-state index contributed by atoms with van der Waals surface area (Å²) in [4.78, 5) is 20.6. The molecule has 1 aromatic heterocycles. The quantitative estimate of drug-likeness (QED) is 0.784. The Morgan fingerprint density at radius 2 is 1.84 bits per heavy atom. The van der Waals surface area contributed by atoms with Crippen LogP contribution in [0, 0.1) is 0 Å². The highest BCUT2D eigenvalue weighted by molar-refractivity contribution is 6.29. The van der Waals surface area contributed by atoms with E-state index < -0.39 is 0 Å². The SMILES string of the molecule is COc1ccc(N2CCN(C(=O)c3ccc(Cl)nc3)CC2)c(OC)c1. The summed E-state index contributed by atoms with van der Waals surface area (Å²) < 4.78 is 10.7. The molecule has 0 aliphatic carbocycles. The van der Waals surface area contributed by atoms with Gasteiger partial charge in [0.1, 0.15) is 16.7 Å². The summed E-state index contributed by atoms with van der Waals surface area (Å²) in [5.74, 6) is 1.50. The second kappa shape index (κ2) is 7.61. The lowest BCUT2D eigenvalue weighted by Gasteiger charge is -2.36. The van der Waals surface area contributed by atoms with E-state index in [1.54, 1.807) is 26.4 Å². The van der Waals surface area contributed by atoms with E-state index in [1.165, 1.54) is 6.20 Å². The molecule has 0 spiro atoms. The number of piperazine rings is 1. The van der Waals surface area contributed by atoms with E-state index in [9.17, 15) is 4.79 Å². The Balaban J connectivity index is 1.67. The van der Waals surface area contributed by atoms with Gasteiger partial charge in [0, 0.05) is 38.4 Å². The third kappa shape index (κ3) is 3.79. The zero-order valence-electron chi connectivity index (χ0n) is 14.2. The predicted molar refractivity (Wildman–Crippen MR) is 96.9 cm³/mol. The number of carbonyl (C=O) groups is 1. The fraction of sp³-hybridized carbons (Fsp3) is 0.333. The molecule has 0 saturated carbocycles. The van der Waals surface area contributed by atoms with Crippen molar-refractivity contribution in [1.82, 2.24) is 9.88 Å². The lowest BCUT2D eigenvalue weighted by atomic mass is 10.2. The molecule has 1 aliphatic heterocycles. The summed E-state index contributed by atoms with van der Waals surface area (Å²) in [5, 5.41) is 0.382. The third-order valence-corrected chi connectivity index (χ3v) is 4.49. The van der Waals surface area contributed by atoms with Crippen LogP contribution >= 0.6 is 11.6 Å². The molecule has 1 saturated heterocycles. The van der Waals surface area contributed by atoms with Crippen LogP contribution in [0.3, 0.4) is 0 Å². The van der Waals surface area contributed by atoms with Crippen molar-refractivity contribution < 1.29 is 14.3 Å². The zero-order valence-corrected chi connectivity index (χ0v) is 15.0. The Hall–Kier alpha value is -2.47. The van der Waals surface area contributed by atoms with Gasteiger partial charge in [-0.1, -0.05) is 11.6 Å². The number of hydrogen-bond acceptors (Lipinski definition) is 5. The van der Waals surface area contributed by atoms with E-state index in [0.717, 1.165) is 30.3 Å². The molecule has 1 amide bonds. The highest BCUT2D eigenvalue weighted by Crippen LogP contribution is 2.32. The van der Waals surface area contributed by atoms with E-state index in [0.29, 0.717) is 23.8 Å². The first kappa shape index (κ1) is 17.4. The van der Waals surface area contributed by atoms with Crippen LogP contribution in [0.5, 0.6) is 11.5 Å². The van der Waals surface area contributed by atoms with Crippen LogP contribution in [0.2, 0.25) is 5.15 Å². The van der Waals surface area contributed by atoms with Gasteiger partial charge in [-0.3, -0.25) is 4.79 Å². The molecule has 25 heavy (non-hydrogen) atoms. The molecule has 132 valence electrons. The van der Waals surface area contributed by atoms with Gasteiger partial charge in [-0.05, 0) is 24.3 Å². The third-order valence-electron chi connectivity index (χ3n) is 4.27. The van der Waals surface area contributed by atoms with E-state index in [4.69, 9.17) is 21.1 Å². The summed E-state index contributed by atoms with van der Waals surface area (Å²) in [6.07, 6.45) is 1.52. The molecule has 1 aromatic carbocycles. The van der Waals surface area contributed by atoms with Gasteiger partial charge in [0.2, 0.25) is 0 Å². The Morgan fingerprint density at radius 3 is 2.44 bits per heavy atom. The highest BCUT2D eigenvalue weighted by Gasteiger charge is 2.24. The number of amides is 1. The van der Waals surface area contributed by atoms with Crippen molar-refractivity contribution in [3.63, 3.8) is 0 Å². The van der Waals surface area contributed by atoms with Crippen LogP contribution in [0.15, 0.2) is 36.5 Å². The van der Waals surface area contributed by atoms with Gasteiger partial charge in [0.25, 0.3) is 5.91 Å². The first-order valence-electron chi connectivity index (χ1n) is 8.00. The first-order valence-corrected chi connectivity index (χ1v) is 8.38. The Labute approximate surface area is 151 Å². The molecular weight excluding hydrogens is 342 g/mol. The molecule has 0 unspecified atom stereocenters. The molecule has 0 bridgehead atoms. The van der Waals surface area contributed by atoms with Crippen LogP contribution in [0.25, 0.3) is 0 Å². The van der Waals surface area contributed by atoms with Gasteiger partial charge in [-0.25, -0.2) is 4.98 Å². The number of carbonyl (C=O) groups excluding carboxylic acids is 1. The molecule has 0 atom stereocenters. The smallest absolute Gasteiger partial charge is 0.255 e. The standard InChI is InChI=1S/C18H20ClN3O3/c1-24-14-4-5-15(16(11-14)25-2)21-7-9-22(10-8-21)18(23)13-3-6-17(19)20-12-13/h3-6,11-12H,7-10H2,1-2H3. The summed E-state index contributed by atoms with van der Waals surface area (Å²) in [6, 6.07) is 9.10. The van der Waals surface area contributed by atoms with Gasteiger partial charge >= 0.3 is 0 Å². The van der Waals surface area contributed by atoms with Crippen LogP contribution in [-0.2, 0) is 0 Å². The van der Waals surface area contributed by atoms with Gasteiger partial charge < -0.3 is 19.3 Å². The minimum Gasteiger partial charge on any atom is -0.497 e. The first-order chi connectivity index (χ1) is 12.1. The maximum absolute atomic E-state index is 12.5. The molecule has 6 nitrogen and oxygen atoms in total. The summed E-state index contributed by atoms with van der Waals surface area (Å²) in [7, 11) is 3.27. The van der Waals surface area contributed by atoms with E-state index in [2.05, 4.69) is 9.88 Å². The average Bonchev–Trinajstić information content (AvgIpc) is 2.67. The number of methoxy groups -OCH3 is 2. The van der Waals surface area contributed by atoms with Crippen LogP contribution in [0.4, 0.5) is 5.69 Å². The van der Waals surface area contributed by atoms with Gasteiger partial charge in [0.15, 0.2) is 0 Å². The monoisotopic (exact) mass is 361 g/mol. The Kier molecular flexibility index (Phi) is 5.28. The molecule has 2 aromatic rings. The van der Waals surface area contributed by atoms with Crippen molar-refractivity contribution in [2.75, 3.05) is 45.3 Å². The number of aromatic nitrogens is 1. The topological polar surface area (TPSA) is 54.9 Å². The maximum Gasteiger partial charge on any atom is 0.255 e. The molecule has 7 heteroatoms. The van der Waals surface area contributed by atoms with Crippen LogP contribution < -0.4 is 14.4 Å². The largest absolute Gasteiger partial charge is 0.497 e. The molecule has 1 fully saturated rings. The lowest BCUT2D eigenvalue weighted by Crippen LogP contribution is -2.48. The fourth-order valence-electron chi connectivity index (χ4n) is 2.88. The van der Waals surface area contributed by atoms with Crippen molar-refractivity contribution in [3.8, 4) is 11.5 Å². The molecule has 1 aliphatic rings. The number of pyridine rings is 1. The minimum atomic E-state index is -0.0227. The van der Waals surface area contributed by atoms with Gasteiger partial charge in [0.05, 0.1) is 25.5 Å². The predicted octanol–water partition coefficient (Wildman–Crippen LogP) is 2.71. The minimum absolute atomic E-state index is 0.0227. The summed E-state index contributed by atoms with van der Waals surface area (Å²) >= 11 is 5.78. The molecule has 2 heterocycles. The fourth-order valence-corrected chi connectivity index (χ4v) is 2.99.